The van der Waals surface area contributed by atoms with E-state index in [-0.39, 0.29) is 33.5 Å². The van der Waals surface area contributed by atoms with Gasteiger partial charge in [-0.2, -0.15) is 0 Å². The van der Waals surface area contributed by atoms with Crippen molar-refractivity contribution in [3.63, 3.8) is 0 Å². The van der Waals surface area contributed by atoms with Crippen LogP contribution >= 0.6 is 0 Å². The molecule has 0 radical (unpaired) electrons. The Bertz CT molecular complexity index is 2180. The molecule has 0 bridgehead atoms. The summed E-state index contributed by atoms with van der Waals surface area (Å²) in [5.41, 5.74) is 0.743. The van der Waals surface area contributed by atoms with Gasteiger partial charge in [0.25, 0.3) is 17.7 Å². The number of ether oxygens (including phenoxy) is 4. The van der Waals surface area contributed by atoms with Crippen LogP contribution in [0.15, 0.2) is 140 Å². The number of anilines is 1. The van der Waals surface area contributed by atoms with Gasteiger partial charge in [-0.3, -0.25) is 14.4 Å². The lowest BCUT2D eigenvalue weighted by atomic mass is 10.1. The van der Waals surface area contributed by atoms with Crippen molar-refractivity contribution in [2.75, 3.05) is 11.9 Å². The van der Waals surface area contributed by atoms with E-state index in [0.717, 1.165) is 4.90 Å². The maximum atomic E-state index is 14.3. The van der Waals surface area contributed by atoms with Crippen molar-refractivity contribution < 1.29 is 47.7 Å². The summed E-state index contributed by atoms with van der Waals surface area (Å²) in [5.74, 6) is -4.61. The van der Waals surface area contributed by atoms with E-state index in [9.17, 15) is 28.8 Å². The van der Waals surface area contributed by atoms with Crippen molar-refractivity contribution >= 4 is 41.3 Å². The first-order chi connectivity index (χ1) is 25.8. The maximum absolute atomic E-state index is 14.3. The molecule has 12 nitrogen and oxygen atoms in total. The molecule has 5 aromatic rings. The molecule has 2 aliphatic rings. The van der Waals surface area contributed by atoms with Gasteiger partial charge in [0.2, 0.25) is 0 Å². The predicted molar refractivity (Wildman–Crippen MR) is 188 cm³/mol. The number of amides is 3. The third-order valence-electron chi connectivity index (χ3n) is 8.66. The van der Waals surface area contributed by atoms with Crippen LogP contribution < -0.4 is 5.32 Å². The number of carbonyl (C=O) groups excluding carboxylic acids is 6. The average molecular weight is 711 g/mol. The zero-order valence-electron chi connectivity index (χ0n) is 27.8. The van der Waals surface area contributed by atoms with Gasteiger partial charge in [0.1, 0.15) is 12.7 Å². The molecule has 1 saturated heterocycles. The van der Waals surface area contributed by atoms with E-state index in [0.29, 0.717) is 5.56 Å². The van der Waals surface area contributed by atoms with Crippen LogP contribution in [-0.2, 0) is 18.9 Å². The third-order valence-corrected chi connectivity index (χ3v) is 8.66. The van der Waals surface area contributed by atoms with E-state index >= 15 is 0 Å². The molecule has 4 atom stereocenters. The van der Waals surface area contributed by atoms with Gasteiger partial charge < -0.3 is 24.3 Å². The van der Waals surface area contributed by atoms with Gasteiger partial charge in [-0.15, -0.1) is 0 Å². The molecule has 7 rings (SSSR count). The van der Waals surface area contributed by atoms with Crippen molar-refractivity contribution in [2.45, 2.75) is 24.5 Å². The second kappa shape index (κ2) is 15.1. The Balaban J connectivity index is 1.24. The summed E-state index contributed by atoms with van der Waals surface area (Å²) in [5, 5.41) is 2.70. The monoisotopic (exact) mass is 710 g/mol. The SMILES string of the molecule is O=C(Nc1cccc2c1C(=O)N([C@@H]1O[C@H](COC(=O)c3ccccc3)[C@@H](OC(=O)c3ccccc3)[C@H]1OC(=O)c1ccccc1)C2=O)c1ccccc1. The predicted octanol–water partition coefficient (Wildman–Crippen LogP) is 5.57. The Kier molecular flexibility index (Phi) is 9.86. The molecule has 1 fully saturated rings. The summed E-state index contributed by atoms with van der Waals surface area (Å²) < 4.78 is 23.7. The van der Waals surface area contributed by atoms with Crippen LogP contribution in [0.1, 0.15) is 62.1 Å². The first-order valence-electron chi connectivity index (χ1n) is 16.6. The number of imide groups is 1. The third kappa shape index (κ3) is 7.16. The van der Waals surface area contributed by atoms with Crippen LogP contribution in [0.2, 0.25) is 0 Å². The molecule has 0 aromatic heterocycles. The number of esters is 3. The molecular weight excluding hydrogens is 680 g/mol. The normalized spacial score (nSPS) is 18.9. The van der Waals surface area contributed by atoms with Crippen molar-refractivity contribution in [3.05, 3.63) is 173 Å². The number of nitrogens with zero attached hydrogens (tertiary/aromatic N) is 1. The summed E-state index contributed by atoms with van der Waals surface area (Å²) in [4.78, 5) is 82.3. The minimum atomic E-state index is -1.67. The largest absolute Gasteiger partial charge is 0.459 e. The molecular formula is C41H30N2O10. The Morgan fingerprint density at radius 2 is 1.06 bits per heavy atom. The lowest BCUT2D eigenvalue weighted by Crippen LogP contribution is -2.50. The zero-order chi connectivity index (χ0) is 36.9. The second-order valence-electron chi connectivity index (χ2n) is 12.0. The molecule has 0 unspecified atom stereocenters. The number of carbonyl (C=O) groups is 6. The Hall–Kier alpha value is -6.92. The molecule has 2 aliphatic heterocycles. The van der Waals surface area contributed by atoms with Gasteiger partial charge in [-0.25, -0.2) is 19.3 Å². The van der Waals surface area contributed by atoms with Crippen LogP contribution in [-0.4, -0.2) is 71.7 Å². The molecule has 0 spiro atoms. The van der Waals surface area contributed by atoms with Crippen LogP contribution in [0.3, 0.4) is 0 Å². The highest BCUT2D eigenvalue weighted by Gasteiger charge is 2.57. The minimum absolute atomic E-state index is 0.0469. The van der Waals surface area contributed by atoms with E-state index in [1.165, 1.54) is 42.5 Å². The summed E-state index contributed by atoms with van der Waals surface area (Å²) in [6, 6.07) is 36.8. The van der Waals surface area contributed by atoms with Gasteiger partial charge in [-0.05, 0) is 60.7 Å². The zero-order valence-corrected chi connectivity index (χ0v) is 27.8. The van der Waals surface area contributed by atoms with E-state index in [1.807, 2.05) is 0 Å². The highest BCUT2D eigenvalue weighted by molar-refractivity contribution is 6.25. The van der Waals surface area contributed by atoms with Crippen LogP contribution in [0.25, 0.3) is 0 Å². The quantitative estimate of drug-likeness (QED) is 0.111. The number of hydrogen-bond acceptors (Lipinski definition) is 10. The molecule has 264 valence electrons. The van der Waals surface area contributed by atoms with Crippen molar-refractivity contribution in [2.24, 2.45) is 0 Å². The molecule has 5 aromatic carbocycles. The molecule has 12 heteroatoms. The number of hydrogen-bond donors (Lipinski definition) is 1. The smallest absolute Gasteiger partial charge is 0.338 e. The Labute approximate surface area is 302 Å². The van der Waals surface area contributed by atoms with Crippen LogP contribution in [0.4, 0.5) is 5.69 Å². The van der Waals surface area contributed by atoms with Crippen LogP contribution in [0, 0.1) is 0 Å². The number of benzene rings is 5. The summed E-state index contributed by atoms with van der Waals surface area (Å²) in [6.45, 7) is -0.516. The first-order valence-corrected chi connectivity index (χ1v) is 16.6. The first kappa shape index (κ1) is 34.5. The van der Waals surface area contributed by atoms with E-state index < -0.39 is 66.8 Å². The summed E-state index contributed by atoms with van der Waals surface area (Å²) in [6.07, 6.45) is -6.07. The van der Waals surface area contributed by atoms with Gasteiger partial charge in [0, 0.05) is 5.56 Å². The van der Waals surface area contributed by atoms with Crippen molar-refractivity contribution in [1.29, 1.82) is 0 Å². The Morgan fingerprint density at radius 3 is 1.60 bits per heavy atom. The van der Waals surface area contributed by atoms with Crippen molar-refractivity contribution in [3.8, 4) is 0 Å². The molecule has 0 aliphatic carbocycles. The second-order valence-corrected chi connectivity index (χ2v) is 12.0. The maximum Gasteiger partial charge on any atom is 0.338 e. The number of rotatable bonds is 10. The summed E-state index contributed by atoms with van der Waals surface area (Å²) in [7, 11) is 0. The van der Waals surface area contributed by atoms with Crippen LogP contribution in [0.5, 0.6) is 0 Å². The van der Waals surface area contributed by atoms with Gasteiger partial charge in [0.15, 0.2) is 18.4 Å². The molecule has 0 saturated carbocycles. The fraction of sp³-hybridized carbons (Fsp3) is 0.122. The average Bonchev–Trinajstić information content (AvgIpc) is 3.66. The topological polar surface area (TPSA) is 155 Å². The van der Waals surface area contributed by atoms with E-state index in [4.69, 9.17) is 18.9 Å². The van der Waals surface area contributed by atoms with Gasteiger partial charge in [0.05, 0.1) is 33.5 Å². The molecule has 3 amide bonds. The summed E-state index contributed by atoms with van der Waals surface area (Å²) >= 11 is 0. The lowest BCUT2D eigenvalue weighted by molar-refractivity contribution is -0.0771. The van der Waals surface area contributed by atoms with Gasteiger partial charge in [-0.1, -0.05) is 78.9 Å². The Morgan fingerprint density at radius 1 is 0.566 bits per heavy atom. The van der Waals surface area contributed by atoms with Gasteiger partial charge >= 0.3 is 17.9 Å². The highest BCUT2D eigenvalue weighted by Crippen LogP contribution is 2.38. The molecule has 53 heavy (non-hydrogen) atoms. The number of nitrogens with one attached hydrogen (secondary N) is 1. The minimum Gasteiger partial charge on any atom is -0.459 e. The fourth-order valence-corrected chi connectivity index (χ4v) is 6.09. The molecule has 1 N–H and O–H groups in total. The van der Waals surface area contributed by atoms with Crippen molar-refractivity contribution in [1.82, 2.24) is 4.90 Å². The molecule has 2 heterocycles. The highest BCUT2D eigenvalue weighted by atomic mass is 16.7. The van der Waals surface area contributed by atoms with E-state index in [1.54, 1.807) is 97.1 Å². The fourth-order valence-electron chi connectivity index (χ4n) is 6.09. The standard InChI is InChI=1S/C41H30N2O10/c44-35(25-14-5-1-6-15-25)42-30-23-13-22-29-32(30)37(46)43(36(29)45)38-34(53-41(49)28-20-11-4-12-21-28)33(52-40(48)27-18-9-3-10-19-27)31(51-38)24-50-39(47)26-16-7-2-8-17-26/h1-23,31,33-34,38H,24H2,(H,42,44)/t31-,33-,34-,38-/m1/s1. The number of fused-ring (bicyclic) bond motifs is 1. The van der Waals surface area contributed by atoms with E-state index in [2.05, 4.69) is 5.32 Å². The lowest BCUT2D eigenvalue weighted by Gasteiger charge is -2.28.